The first-order chi connectivity index (χ1) is 6.13. The molecule has 4 heteroatoms. The van der Waals surface area contributed by atoms with E-state index < -0.39 is 11.9 Å². The third-order valence-corrected chi connectivity index (χ3v) is 1.84. The summed E-state index contributed by atoms with van der Waals surface area (Å²) in [6, 6.07) is 5.49. The van der Waals surface area contributed by atoms with E-state index in [0.717, 1.165) is 0 Å². The Hall–Kier alpha value is -1.11. The number of nitriles is 1. The molecule has 0 aromatic heterocycles. The second-order valence-corrected chi connectivity index (χ2v) is 3.11. The summed E-state index contributed by atoms with van der Waals surface area (Å²) >= 11 is 5.62. The monoisotopic (exact) mass is 198 g/mol. The lowest BCUT2D eigenvalue weighted by atomic mass is 10.1. The summed E-state index contributed by atoms with van der Waals surface area (Å²) in [4.78, 5) is 0. The smallest absolute Gasteiger partial charge is 0.125 e. The molecule has 1 atom stereocenters. The normalized spacial score (nSPS) is 12.2. The Morgan fingerprint density at radius 2 is 2.23 bits per heavy atom. The summed E-state index contributed by atoms with van der Waals surface area (Å²) in [6.45, 7) is 0. The van der Waals surface area contributed by atoms with Crippen molar-refractivity contribution < 1.29 is 4.39 Å². The lowest BCUT2D eigenvalue weighted by Crippen LogP contribution is -2.09. The summed E-state index contributed by atoms with van der Waals surface area (Å²) in [5, 5.41) is 8.67. The first kappa shape index (κ1) is 9.97. The van der Waals surface area contributed by atoms with Crippen molar-refractivity contribution in [1.29, 1.82) is 5.26 Å². The minimum atomic E-state index is -0.474. The van der Waals surface area contributed by atoms with Gasteiger partial charge in [-0.1, -0.05) is 11.6 Å². The van der Waals surface area contributed by atoms with Gasteiger partial charge in [0.2, 0.25) is 0 Å². The van der Waals surface area contributed by atoms with Crippen LogP contribution in [0.5, 0.6) is 0 Å². The van der Waals surface area contributed by atoms with Crippen molar-refractivity contribution in [3.63, 3.8) is 0 Å². The number of hydrogen-bond acceptors (Lipinski definition) is 2. The molecule has 68 valence electrons. The standard InChI is InChI=1S/C9H8ClFN2/c10-7-3-6(4-8(11)5-7)9(13)1-2-12/h3-5,9H,1,13H2. The van der Waals surface area contributed by atoms with Crippen LogP contribution in [0.4, 0.5) is 4.39 Å². The molecule has 2 nitrogen and oxygen atoms in total. The van der Waals surface area contributed by atoms with Crippen LogP contribution in [-0.2, 0) is 0 Å². The molecular formula is C9H8ClFN2. The minimum Gasteiger partial charge on any atom is -0.323 e. The molecule has 0 fully saturated rings. The number of nitrogens with zero attached hydrogens (tertiary/aromatic N) is 1. The van der Waals surface area contributed by atoms with Crippen LogP contribution in [0, 0.1) is 17.1 Å². The molecule has 0 heterocycles. The first-order valence-corrected chi connectivity index (χ1v) is 4.10. The molecule has 0 radical (unpaired) electrons. The number of benzene rings is 1. The van der Waals surface area contributed by atoms with Gasteiger partial charge in [-0.15, -0.1) is 0 Å². The van der Waals surface area contributed by atoms with Crippen molar-refractivity contribution in [1.82, 2.24) is 0 Å². The van der Waals surface area contributed by atoms with Gasteiger partial charge in [0.15, 0.2) is 0 Å². The van der Waals surface area contributed by atoms with Gasteiger partial charge >= 0.3 is 0 Å². The van der Waals surface area contributed by atoms with E-state index in [2.05, 4.69) is 0 Å². The summed E-state index contributed by atoms with van der Waals surface area (Å²) in [5.41, 5.74) is 6.14. The molecule has 0 saturated heterocycles. The summed E-state index contributed by atoms with van der Waals surface area (Å²) in [6.07, 6.45) is 0.153. The SMILES string of the molecule is N#CCC(N)c1cc(F)cc(Cl)c1. The Kier molecular flexibility index (Phi) is 3.24. The van der Waals surface area contributed by atoms with Crippen LogP contribution < -0.4 is 5.73 Å². The molecule has 0 aliphatic rings. The van der Waals surface area contributed by atoms with Crippen LogP contribution in [0.3, 0.4) is 0 Å². The molecule has 1 rings (SSSR count). The molecule has 0 bridgehead atoms. The van der Waals surface area contributed by atoms with Crippen molar-refractivity contribution in [2.45, 2.75) is 12.5 Å². The average molecular weight is 199 g/mol. The second kappa shape index (κ2) is 4.22. The molecule has 2 N–H and O–H groups in total. The van der Waals surface area contributed by atoms with Gasteiger partial charge < -0.3 is 5.73 Å². The summed E-state index contributed by atoms with van der Waals surface area (Å²) in [7, 11) is 0. The Morgan fingerprint density at radius 1 is 1.54 bits per heavy atom. The highest BCUT2D eigenvalue weighted by Crippen LogP contribution is 2.20. The van der Waals surface area contributed by atoms with Gasteiger partial charge in [0.1, 0.15) is 5.82 Å². The molecule has 1 aromatic carbocycles. The van der Waals surface area contributed by atoms with E-state index in [1.165, 1.54) is 12.1 Å². The van der Waals surface area contributed by atoms with Gasteiger partial charge in [0.05, 0.1) is 12.5 Å². The molecule has 0 aliphatic carbocycles. The van der Waals surface area contributed by atoms with Gasteiger partial charge in [-0.2, -0.15) is 5.26 Å². The van der Waals surface area contributed by atoms with Crippen molar-refractivity contribution in [2.24, 2.45) is 5.73 Å². The fraction of sp³-hybridized carbons (Fsp3) is 0.222. The lowest BCUT2D eigenvalue weighted by molar-refractivity contribution is 0.620. The lowest BCUT2D eigenvalue weighted by Gasteiger charge is -2.07. The molecule has 1 aromatic rings. The number of halogens is 2. The molecule has 1 unspecified atom stereocenters. The highest BCUT2D eigenvalue weighted by atomic mass is 35.5. The largest absolute Gasteiger partial charge is 0.323 e. The number of rotatable bonds is 2. The maximum Gasteiger partial charge on any atom is 0.125 e. The highest BCUT2D eigenvalue weighted by molar-refractivity contribution is 6.30. The summed E-state index contributed by atoms with van der Waals surface area (Å²) in [5.74, 6) is -0.434. The van der Waals surface area contributed by atoms with E-state index in [9.17, 15) is 4.39 Å². The highest BCUT2D eigenvalue weighted by Gasteiger charge is 2.07. The Bertz CT molecular complexity index is 326. The maximum absolute atomic E-state index is 12.8. The van der Waals surface area contributed by atoms with Crippen molar-refractivity contribution in [3.05, 3.63) is 34.6 Å². The molecule has 0 amide bonds. The van der Waals surface area contributed by atoms with Gasteiger partial charge in [-0.3, -0.25) is 0 Å². The van der Waals surface area contributed by atoms with E-state index in [1.807, 2.05) is 6.07 Å². The van der Waals surface area contributed by atoms with E-state index >= 15 is 0 Å². The first-order valence-electron chi connectivity index (χ1n) is 3.72. The van der Waals surface area contributed by atoms with Crippen LogP contribution >= 0.6 is 11.6 Å². The van der Waals surface area contributed by atoms with E-state index in [1.54, 1.807) is 6.07 Å². The predicted molar refractivity (Wildman–Crippen MR) is 48.6 cm³/mol. The molecule has 0 spiro atoms. The van der Waals surface area contributed by atoms with Gasteiger partial charge in [-0.05, 0) is 23.8 Å². The van der Waals surface area contributed by atoms with Crippen LogP contribution in [0.1, 0.15) is 18.0 Å². The van der Waals surface area contributed by atoms with Crippen molar-refractivity contribution in [3.8, 4) is 6.07 Å². The quantitative estimate of drug-likeness (QED) is 0.793. The zero-order valence-corrected chi connectivity index (χ0v) is 7.55. The van der Waals surface area contributed by atoms with E-state index in [-0.39, 0.29) is 6.42 Å². The van der Waals surface area contributed by atoms with Crippen LogP contribution in [-0.4, -0.2) is 0 Å². The zero-order valence-electron chi connectivity index (χ0n) is 6.80. The minimum absolute atomic E-state index is 0.153. The zero-order chi connectivity index (χ0) is 9.84. The third kappa shape index (κ3) is 2.69. The van der Waals surface area contributed by atoms with Gasteiger partial charge in [-0.25, -0.2) is 4.39 Å². The Balaban J connectivity index is 2.95. The average Bonchev–Trinajstić information content (AvgIpc) is 2.03. The van der Waals surface area contributed by atoms with Gasteiger partial charge in [0.25, 0.3) is 0 Å². The number of nitrogens with two attached hydrogens (primary N) is 1. The fourth-order valence-electron chi connectivity index (χ4n) is 1.01. The predicted octanol–water partition coefficient (Wildman–Crippen LogP) is 2.39. The van der Waals surface area contributed by atoms with E-state index in [4.69, 9.17) is 22.6 Å². The second-order valence-electron chi connectivity index (χ2n) is 2.67. The van der Waals surface area contributed by atoms with Crippen LogP contribution in [0.15, 0.2) is 18.2 Å². The van der Waals surface area contributed by atoms with Crippen molar-refractivity contribution in [2.75, 3.05) is 0 Å². The summed E-state index contributed by atoms with van der Waals surface area (Å²) < 4.78 is 12.8. The number of hydrogen-bond donors (Lipinski definition) is 1. The molecule has 0 aliphatic heterocycles. The molecule has 13 heavy (non-hydrogen) atoms. The molecular weight excluding hydrogens is 191 g/mol. The Morgan fingerprint density at radius 3 is 2.77 bits per heavy atom. The molecule has 0 saturated carbocycles. The van der Waals surface area contributed by atoms with E-state index in [0.29, 0.717) is 10.6 Å². The Labute approximate surface area is 80.7 Å². The van der Waals surface area contributed by atoms with Crippen LogP contribution in [0.2, 0.25) is 5.02 Å². The topological polar surface area (TPSA) is 49.8 Å². The third-order valence-electron chi connectivity index (χ3n) is 1.62. The maximum atomic E-state index is 12.8. The van der Waals surface area contributed by atoms with Gasteiger partial charge in [0, 0.05) is 11.1 Å². The van der Waals surface area contributed by atoms with Crippen molar-refractivity contribution >= 4 is 11.6 Å². The fourth-order valence-corrected chi connectivity index (χ4v) is 1.24. The van der Waals surface area contributed by atoms with Crippen LogP contribution in [0.25, 0.3) is 0 Å².